The summed E-state index contributed by atoms with van der Waals surface area (Å²) in [5.41, 5.74) is 11.2. The van der Waals surface area contributed by atoms with E-state index in [1.807, 2.05) is 0 Å². The summed E-state index contributed by atoms with van der Waals surface area (Å²) in [6.45, 7) is 3.17. The van der Waals surface area contributed by atoms with Gasteiger partial charge in [0.15, 0.2) is 6.61 Å². The summed E-state index contributed by atoms with van der Waals surface area (Å²) < 4.78 is 10.1. The van der Waals surface area contributed by atoms with E-state index < -0.39 is 11.9 Å². The second kappa shape index (κ2) is 5.90. The molecule has 0 saturated carbocycles. The van der Waals surface area contributed by atoms with E-state index in [1.54, 1.807) is 19.9 Å². The van der Waals surface area contributed by atoms with Gasteiger partial charge in [-0.2, -0.15) is 0 Å². The van der Waals surface area contributed by atoms with Crippen molar-refractivity contribution in [1.82, 2.24) is 0 Å². The zero-order chi connectivity index (χ0) is 13.7. The highest BCUT2D eigenvalue weighted by Gasteiger charge is 2.12. The van der Waals surface area contributed by atoms with E-state index in [0.717, 1.165) is 0 Å². The number of nitrogens with two attached hydrogens (primary N) is 2. The van der Waals surface area contributed by atoms with Gasteiger partial charge in [-0.25, -0.2) is 4.79 Å². The Bertz CT molecular complexity index is 457. The van der Waals surface area contributed by atoms with E-state index in [1.165, 1.54) is 12.1 Å². The lowest BCUT2D eigenvalue weighted by Crippen LogP contribution is -2.20. The predicted molar refractivity (Wildman–Crippen MR) is 66.1 cm³/mol. The number of amides is 1. The highest BCUT2D eigenvalue weighted by atomic mass is 16.6. The first kappa shape index (κ1) is 13.8. The van der Waals surface area contributed by atoms with Crippen molar-refractivity contribution in [3.05, 3.63) is 23.8 Å². The molecule has 0 atom stereocenters. The molecule has 18 heavy (non-hydrogen) atoms. The van der Waals surface area contributed by atoms with Gasteiger partial charge >= 0.3 is 5.97 Å². The average Bonchev–Trinajstić information content (AvgIpc) is 2.26. The molecule has 0 saturated heterocycles. The van der Waals surface area contributed by atoms with Gasteiger partial charge in [0.2, 0.25) is 0 Å². The number of hydrogen-bond acceptors (Lipinski definition) is 5. The maximum atomic E-state index is 11.3. The van der Waals surface area contributed by atoms with Crippen molar-refractivity contribution in [2.75, 3.05) is 12.3 Å². The first-order chi connectivity index (χ1) is 8.40. The molecule has 0 bridgehead atoms. The van der Waals surface area contributed by atoms with Crippen LogP contribution >= 0.6 is 0 Å². The summed E-state index contributed by atoms with van der Waals surface area (Å²) in [4.78, 5) is 22.5. The molecule has 1 aromatic carbocycles. The summed E-state index contributed by atoms with van der Waals surface area (Å²) in [6, 6.07) is 4.43. The van der Waals surface area contributed by atoms with E-state index in [0.29, 0.717) is 5.69 Å². The number of carbonyl (C=O) groups excluding carboxylic acids is 2. The Hall–Kier alpha value is -2.24. The number of hydrogen-bond donors (Lipinski definition) is 2. The molecule has 0 aliphatic heterocycles. The summed E-state index contributed by atoms with van der Waals surface area (Å²) in [6.07, 6.45) is -0.219. The third-order valence-electron chi connectivity index (χ3n) is 1.98. The summed E-state index contributed by atoms with van der Waals surface area (Å²) in [7, 11) is 0. The average molecular weight is 252 g/mol. The molecule has 6 heteroatoms. The lowest BCUT2D eigenvalue weighted by atomic mass is 10.1. The van der Waals surface area contributed by atoms with E-state index in [9.17, 15) is 9.59 Å². The number of anilines is 1. The van der Waals surface area contributed by atoms with E-state index >= 15 is 0 Å². The molecular formula is C12H16N2O4. The van der Waals surface area contributed by atoms with Crippen LogP contribution in [0.4, 0.5) is 5.69 Å². The Kier molecular flexibility index (Phi) is 4.53. The number of carbonyl (C=O) groups is 2. The summed E-state index contributed by atoms with van der Waals surface area (Å²) >= 11 is 0. The van der Waals surface area contributed by atoms with E-state index in [2.05, 4.69) is 0 Å². The molecule has 6 nitrogen and oxygen atoms in total. The molecule has 1 amide bonds. The lowest BCUT2D eigenvalue weighted by molar-refractivity contribution is -0.149. The highest BCUT2D eigenvalue weighted by molar-refractivity contribution is 5.96. The Morgan fingerprint density at radius 2 is 2.00 bits per heavy atom. The topological polar surface area (TPSA) is 105 Å². The fourth-order valence-electron chi connectivity index (χ4n) is 1.30. The van der Waals surface area contributed by atoms with Crippen LogP contribution in [0.3, 0.4) is 0 Å². The predicted octanol–water partition coefficient (Wildman–Crippen LogP) is 0.698. The number of rotatable bonds is 5. The lowest BCUT2D eigenvalue weighted by Gasteiger charge is -2.11. The molecule has 98 valence electrons. The van der Waals surface area contributed by atoms with Crippen molar-refractivity contribution in [2.45, 2.75) is 20.0 Å². The minimum Gasteiger partial charge on any atom is -0.481 e. The van der Waals surface area contributed by atoms with Crippen molar-refractivity contribution < 1.29 is 19.1 Å². The fourth-order valence-corrected chi connectivity index (χ4v) is 1.30. The third kappa shape index (κ3) is 3.97. The maximum Gasteiger partial charge on any atom is 0.344 e. The normalized spacial score (nSPS) is 10.2. The van der Waals surface area contributed by atoms with Crippen molar-refractivity contribution in [1.29, 1.82) is 0 Å². The molecule has 4 N–H and O–H groups in total. The van der Waals surface area contributed by atoms with Crippen LogP contribution in [-0.2, 0) is 9.53 Å². The molecule has 0 aromatic heterocycles. The Labute approximate surface area is 105 Å². The molecule has 0 radical (unpaired) electrons. The maximum absolute atomic E-state index is 11.3. The van der Waals surface area contributed by atoms with Gasteiger partial charge < -0.3 is 20.9 Å². The first-order valence-electron chi connectivity index (χ1n) is 5.41. The molecule has 0 fully saturated rings. The Morgan fingerprint density at radius 3 is 2.56 bits per heavy atom. The minimum absolute atomic E-state index is 0.132. The standard InChI is InChI=1S/C12H16N2O4/c1-7(2)18-11(15)6-17-10-4-3-8(13)5-9(10)12(14)16/h3-5,7H,6,13H2,1-2H3,(H2,14,16). The zero-order valence-electron chi connectivity index (χ0n) is 10.3. The summed E-state index contributed by atoms with van der Waals surface area (Å²) in [5, 5.41) is 0. The molecule has 1 aromatic rings. The molecular weight excluding hydrogens is 236 g/mol. The van der Waals surface area contributed by atoms with Gasteiger partial charge in [0.25, 0.3) is 5.91 Å². The molecule has 1 rings (SSSR count). The fraction of sp³-hybridized carbons (Fsp3) is 0.333. The van der Waals surface area contributed by atoms with Crippen LogP contribution in [0.2, 0.25) is 0 Å². The molecule has 0 unspecified atom stereocenters. The zero-order valence-corrected chi connectivity index (χ0v) is 10.3. The van der Waals surface area contributed by atoms with Crippen molar-refractivity contribution in [2.24, 2.45) is 5.73 Å². The summed E-state index contributed by atoms with van der Waals surface area (Å²) in [5.74, 6) is -0.982. The van der Waals surface area contributed by atoms with Crippen molar-refractivity contribution in [3.8, 4) is 5.75 Å². The molecule has 0 heterocycles. The van der Waals surface area contributed by atoms with Crippen LogP contribution < -0.4 is 16.2 Å². The van der Waals surface area contributed by atoms with Gasteiger partial charge in [-0.05, 0) is 32.0 Å². The van der Waals surface area contributed by atoms with Gasteiger partial charge in [0.05, 0.1) is 11.7 Å². The van der Waals surface area contributed by atoms with Gasteiger partial charge in [-0.3, -0.25) is 4.79 Å². The number of esters is 1. The van der Waals surface area contributed by atoms with Crippen LogP contribution in [-0.4, -0.2) is 24.6 Å². The largest absolute Gasteiger partial charge is 0.481 e. The van der Waals surface area contributed by atoms with Gasteiger partial charge in [-0.15, -0.1) is 0 Å². The second-order valence-electron chi connectivity index (χ2n) is 3.95. The van der Waals surface area contributed by atoms with Gasteiger partial charge in [0, 0.05) is 5.69 Å². The smallest absolute Gasteiger partial charge is 0.344 e. The second-order valence-corrected chi connectivity index (χ2v) is 3.95. The van der Waals surface area contributed by atoms with Crippen LogP contribution in [0.1, 0.15) is 24.2 Å². The van der Waals surface area contributed by atoms with Crippen LogP contribution in [0.25, 0.3) is 0 Å². The van der Waals surface area contributed by atoms with Crippen molar-refractivity contribution in [3.63, 3.8) is 0 Å². The quantitative estimate of drug-likeness (QED) is 0.592. The molecule has 0 aliphatic carbocycles. The number of nitrogen functional groups attached to an aromatic ring is 1. The van der Waals surface area contributed by atoms with Gasteiger partial charge in [0.1, 0.15) is 5.75 Å². The third-order valence-corrected chi connectivity index (χ3v) is 1.98. The SMILES string of the molecule is CC(C)OC(=O)COc1ccc(N)cc1C(N)=O. The molecule has 0 aliphatic rings. The minimum atomic E-state index is -0.672. The van der Waals surface area contributed by atoms with Gasteiger partial charge in [-0.1, -0.05) is 0 Å². The Morgan fingerprint density at radius 1 is 1.33 bits per heavy atom. The van der Waals surface area contributed by atoms with Crippen LogP contribution in [0, 0.1) is 0 Å². The highest BCUT2D eigenvalue weighted by Crippen LogP contribution is 2.20. The van der Waals surface area contributed by atoms with Crippen molar-refractivity contribution >= 4 is 17.6 Å². The number of primary amides is 1. The first-order valence-corrected chi connectivity index (χ1v) is 5.41. The monoisotopic (exact) mass is 252 g/mol. The molecule has 0 spiro atoms. The van der Waals surface area contributed by atoms with Crippen LogP contribution in [0.5, 0.6) is 5.75 Å². The Balaban J connectivity index is 2.73. The van der Waals surface area contributed by atoms with Crippen LogP contribution in [0.15, 0.2) is 18.2 Å². The van der Waals surface area contributed by atoms with E-state index in [-0.39, 0.29) is 24.0 Å². The van der Waals surface area contributed by atoms with E-state index in [4.69, 9.17) is 20.9 Å². The number of benzene rings is 1. The number of ether oxygens (including phenoxy) is 2.